The Morgan fingerprint density at radius 3 is 2.55 bits per heavy atom. The van der Waals surface area contributed by atoms with Crippen molar-refractivity contribution in [3.8, 4) is 5.75 Å². The molecule has 0 atom stereocenters. The van der Waals surface area contributed by atoms with Gasteiger partial charge >= 0.3 is 5.82 Å². The van der Waals surface area contributed by atoms with E-state index in [1.54, 1.807) is 11.0 Å². The number of carbonyl (C=O) groups excluding carboxylic acids is 1. The summed E-state index contributed by atoms with van der Waals surface area (Å²) in [5, 5.41) is 19.3. The van der Waals surface area contributed by atoms with Crippen molar-refractivity contribution in [3.63, 3.8) is 0 Å². The minimum absolute atomic E-state index is 0.0441. The molecule has 204 valence electrons. The zero-order chi connectivity index (χ0) is 27.1. The van der Waals surface area contributed by atoms with E-state index >= 15 is 4.39 Å². The number of nitrogens with zero attached hydrogens (tertiary/aromatic N) is 6. The molecule has 4 heterocycles. The number of carbonyl (C=O) groups is 1. The van der Waals surface area contributed by atoms with Crippen LogP contribution in [0, 0.1) is 15.9 Å². The third kappa shape index (κ3) is 4.94. The summed E-state index contributed by atoms with van der Waals surface area (Å²) in [5.41, 5.74) is -0.924. The Kier molecular flexibility index (Phi) is 6.80. The van der Waals surface area contributed by atoms with Gasteiger partial charge in [-0.25, -0.2) is 8.78 Å². The van der Waals surface area contributed by atoms with Gasteiger partial charge in [-0.3, -0.25) is 9.69 Å². The maximum absolute atomic E-state index is 15.8. The monoisotopic (exact) mass is 532 g/mol. The fraction of sp³-hybridized carbons (Fsp3) is 0.560. The van der Waals surface area contributed by atoms with Gasteiger partial charge in [0.2, 0.25) is 0 Å². The van der Waals surface area contributed by atoms with Crippen LogP contribution in [0.25, 0.3) is 0 Å². The zero-order valence-electron chi connectivity index (χ0n) is 21.4. The molecule has 5 rings (SSSR count). The van der Waals surface area contributed by atoms with Gasteiger partial charge in [-0.15, -0.1) is 4.68 Å². The molecule has 1 aromatic heterocycles. The second-order valence-corrected chi connectivity index (χ2v) is 10.2. The number of halogens is 2. The third-order valence-electron chi connectivity index (χ3n) is 7.74. The fourth-order valence-corrected chi connectivity index (χ4v) is 5.63. The molecule has 3 aliphatic rings. The standard InChI is InChI=1S/C25H30F2N6O5/c1-30-22(33(35)36)14-18(28-30)16-31-9-7-25(27,8-10-31)23(34)32-11-5-24(6-12-32)15-20(29-37-2)19-13-17(26)3-4-21(19)38-24/h3-4,13-14H,5-12,15-16H2,1-2H3/b29-20+. The highest BCUT2D eigenvalue weighted by atomic mass is 19.1. The number of oxime groups is 1. The molecule has 1 amide bonds. The van der Waals surface area contributed by atoms with E-state index in [1.807, 2.05) is 4.90 Å². The molecule has 1 aromatic carbocycles. The molecule has 13 heteroatoms. The SMILES string of the molecule is CO/N=C1\CC2(CCN(C(=O)C3(F)CCN(Cc4cc([N+](=O)[O-])n(C)n4)CC3)CC2)Oc2ccc(F)cc21. The summed E-state index contributed by atoms with van der Waals surface area (Å²) in [6, 6.07) is 5.68. The summed E-state index contributed by atoms with van der Waals surface area (Å²) >= 11 is 0. The maximum Gasteiger partial charge on any atom is 0.344 e. The van der Waals surface area contributed by atoms with E-state index < -0.39 is 27.9 Å². The van der Waals surface area contributed by atoms with Crippen LogP contribution >= 0.6 is 0 Å². The van der Waals surface area contributed by atoms with Crippen molar-refractivity contribution < 1.29 is 28.1 Å². The zero-order valence-corrected chi connectivity index (χ0v) is 21.4. The van der Waals surface area contributed by atoms with E-state index in [1.165, 1.54) is 37.0 Å². The number of alkyl halides is 1. The number of piperidine rings is 2. The van der Waals surface area contributed by atoms with Crippen molar-refractivity contribution in [2.45, 2.75) is 49.9 Å². The molecule has 38 heavy (non-hydrogen) atoms. The Morgan fingerprint density at radius 1 is 1.21 bits per heavy atom. The molecule has 0 aliphatic carbocycles. The van der Waals surface area contributed by atoms with Gasteiger partial charge in [-0.1, -0.05) is 10.3 Å². The van der Waals surface area contributed by atoms with E-state index in [-0.39, 0.29) is 18.7 Å². The Labute approximate surface area is 218 Å². The molecular formula is C25H30F2N6O5. The minimum Gasteiger partial charge on any atom is -0.486 e. The van der Waals surface area contributed by atoms with Crippen molar-refractivity contribution in [3.05, 3.63) is 51.5 Å². The summed E-state index contributed by atoms with van der Waals surface area (Å²) in [6.07, 6.45) is 1.46. The molecule has 1 spiro atoms. The van der Waals surface area contributed by atoms with E-state index in [4.69, 9.17) is 9.57 Å². The largest absolute Gasteiger partial charge is 0.486 e. The fourth-order valence-electron chi connectivity index (χ4n) is 5.63. The lowest BCUT2D eigenvalue weighted by Gasteiger charge is -2.46. The lowest BCUT2D eigenvalue weighted by molar-refractivity contribution is -0.392. The maximum atomic E-state index is 15.8. The Balaban J connectivity index is 1.19. The lowest BCUT2D eigenvalue weighted by Crippen LogP contribution is -2.57. The second kappa shape index (κ2) is 9.93. The summed E-state index contributed by atoms with van der Waals surface area (Å²) in [4.78, 5) is 32.3. The molecule has 2 aromatic rings. The van der Waals surface area contributed by atoms with Gasteiger partial charge in [0.25, 0.3) is 5.91 Å². The Bertz CT molecular complexity index is 1260. The van der Waals surface area contributed by atoms with Crippen LogP contribution in [0.4, 0.5) is 14.6 Å². The smallest absolute Gasteiger partial charge is 0.344 e. The highest BCUT2D eigenvalue weighted by molar-refractivity contribution is 6.04. The van der Waals surface area contributed by atoms with Gasteiger partial charge in [0.15, 0.2) is 5.67 Å². The van der Waals surface area contributed by atoms with Crippen molar-refractivity contribution in [1.82, 2.24) is 19.6 Å². The summed E-state index contributed by atoms with van der Waals surface area (Å²) < 4.78 is 37.2. The number of aromatic nitrogens is 2. The molecule has 3 aliphatic heterocycles. The number of likely N-dealkylation sites (tertiary alicyclic amines) is 2. The Hall–Kier alpha value is -3.61. The minimum atomic E-state index is -1.96. The van der Waals surface area contributed by atoms with Crippen molar-refractivity contribution in [1.29, 1.82) is 0 Å². The van der Waals surface area contributed by atoms with Gasteiger partial charge < -0.3 is 24.6 Å². The topological polar surface area (TPSA) is 115 Å². The predicted octanol–water partition coefficient (Wildman–Crippen LogP) is 2.97. The van der Waals surface area contributed by atoms with Crippen molar-refractivity contribution >= 4 is 17.4 Å². The van der Waals surface area contributed by atoms with Crippen LogP contribution in [-0.2, 0) is 23.2 Å². The lowest BCUT2D eigenvalue weighted by atomic mass is 9.81. The van der Waals surface area contributed by atoms with Crippen LogP contribution in [0.3, 0.4) is 0 Å². The molecule has 0 unspecified atom stereocenters. The Morgan fingerprint density at radius 2 is 1.92 bits per heavy atom. The van der Waals surface area contributed by atoms with Gasteiger partial charge in [0.05, 0.1) is 11.8 Å². The number of nitro groups is 1. The first-order valence-electron chi connectivity index (χ1n) is 12.6. The summed E-state index contributed by atoms with van der Waals surface area (Å²) in [6.45, 7) is 1.72. The van der Waals surface area contributed by atoms with Crippen molar-refractivity contribution in [2.24, 2.45) is 12.2 Å². The van der Waals surface area contributed by atoms with E-state index in [9.17, 15) is 19.3 Å². The second-order valence-electron chi connectivity index (χ2n) is 10.2. The highest BCUT2D eigenvalue weighted by Crippen LogP contribution is 2.41. The molecule has 0 bridgehead atoms. The van der Waals surface area contributed by atoms with Crippen LogP contribution in [0.5, 0.6) is 5.75 Å². The van der Waals surface area contributed by atoms with E-state index in [0.717, 1.165) is 0 Å². The number of rotatable bonds is 5. The quantitative estimate of drug-likeness (QED) is 0.430. The average molecular weight is 533 g/mol. The number of fused-ring (bicyclic) bond motifs is 1. The van der Waals surface area contributed by atoms with Gasteiger partial charge in [-0.2, -0.15) is 0 Å². The van der Waals surface area contributed by atoms with Crippen LogP contribution in [0.2, 0.25) is 0 Å². The van der Waals surface area contributed by atoms with E-state index in [2.05, 4.69) is 10.3 Å². The van der Waals surface area contributed by atoms with Gasteiger partial charge in [0.1, 0.15) is 37.0 Å². The predicted molar refractivity (Wildman–Crippen MR) is 132 cm³/mol. The van der Waals surface area contributed by atoms with Crippen LogP contribution in [0.1, 0.15) is 43.4 Å². The van der Waals surface area contributed by atoms with Crippen LogP contribution in [0.15, 0.2) is 29.4 Å². The molecule has 0 N–H and O–H groups in total. The number of benzene rings is 1. The van der Waals surface area contributed by atoms with Gasteiger partial charge in [-0.05, 0) is 23.1 Å². The summed E-state index contributed by atoms with van der Waals surface area (Å²) in [7, 11) is 2.94. The van der Waals surface area contributed by atoms with Crippen LogP contribution in [-0.4, -0.2) is 80.7 Å². The number of hydrogen-bond donors (Lipinski definition) is 0. The van der Waals surface area contributed by atoms with E-state index in [0.29, 0.717) is 74.7 Å². The molecule has 0 radical (unpaired) electrons. The number of hydrogen-bond acceptors (Lipinski definition) is 8. The molecule has 2 fully saturated rings. The molecular weight excluding hydrogens is 502 g/mol. The number of ether oxygens (including phenoxy) is 1. The number of aryl methyl sites for hydroxylation is 1. The average Bonchev–Trinajstić information content (AvgIpc) is 3.26. The first kappa shape index (κ1) is 26.0. The van der Waals surface area contributed by atoms with Crippen LogP contribution < -0.4 is 4.74 Å². The molecule has 11 nitrogen and oxygen atoms in total. The first-order valence-corrected chi connectivity index (χ1v) is 12.6. The van der Waals surface area contributed by atoms with Gasteiger partial charge in [0, 0.05) is 70.4 Å². The molecule has 2 saturated heterocycles. The third-order valence-corrected chi connectivity index (χ3v) is 7.74. The highest BCUT2D eigenvalue weighted by Gasteiger charge is 2.48. The molecule has 0 saturated carbocycles. The normalized spacial score (nSPS) is 21.7. The summed E-state index contributed by atoms with van der Waals surface area (Å²) in [5.74, 6) is -0.494. The first-order chi connectivity index (χ1) is 18.1. The number of amides is 1. The van der Waals surface area contributed by atoms with Crippen molar-refractivity contribution in [2.75, 3.05) is 33.3 Å².